The molecule has 4 aliphatic rings. The minimum absolute atomic E-state index is 0.0812. The Morgan fingerprint density at radius 3 is 2.60 bits per heavy atom. The van der Waals surface area contributed by atoms with Gasteiger partial charge in [-0.15, -0.1) is 11.3 Å². The van der Waals surface area contributed by atoms with E-state index in [1.807, 2.05) is 18.5 Å². The average molecular weight is 833 g/mol. The fourth-order valence-electron chi connectivity index (χ4n) is 8.49. The molecule has 0 radical (unpaired) electrons. The number of thiazole rings is 1. The summed E-state index contributed by atoms with van der Waals surface area (Å²) in [5.41, 5.74) is 10.5. The van der Waals surface area contributed by atoms with Crippen LogP contribution in [-0.4, -0.2) is 116 Å². The molecule has 2 N–H and O–H groups in total. The summed E-state index contributed by atoms with van der Waals surface area (Å²) in [6.07, 6.45) is 4.58. The number of hydrogen-bond acceptors (Lipinski definition) is 12. The van der Waals surface area contributed by atoms with Gasteiger partial charge in [-0.2, -0.15) is 0 Å². The molecule has 3 atom stereocenters. The monoisotopic (exact) mass is 832 g/mol. The maximum Gasteiger partial charge on any atom is 0.324 e. The number of esters is 1. The van der Waals surface area contributed by atoms with Crippen LogP contribution in [0.15, 0.2) is 35.8 Å². The lowest BCUT2D eigenvalue weighted by atomic mass is 9.84. The van der Waals surface area contributed by atoms with Crippen LogP contribution in [-0.2, 0) is 48.5 Å². The first kappa shape index (κ1) is 40.8. The number of hydrazine groups is 1. The van der Waals surface area contributed by atoms with Gasteiger partial charge in [-0.25, -0.2) is 23.5 Å². The van der Waals surface area contributed by atoms with Gasteiger partial charge in [0.25, 0.3) is 5.91 Å². The minimum Gasteiger partial charge on any atom is -0.464 e. The molecule has 1 aliphatic carbocycles. The number of carbonyl (C=O) groups excluding carboxylic acids is 2. The van der Waals surface area contributed by atoms with Gasteiger partial charge in [0, 0.05) is 85.6 Å². The van der Waals surface area contributed by atoms with Crippen molar-refractivity contribution in [2.75, 3.05) is 58.4 Å². The number of sulfonamides is 1. The molecular weight excluding hydrogens is 777 g/mol. The van der Waals surface area contributed by atoms with E-state index >= 15 is 0 Å². The number of carbonyl (C=O) groups is 2. The maximum absolute atomic E-state index is 14.1. The molecule has 4 aromatic rings. The molecule has 16 heteroatoms. The van der Waals surface area contributed by atoms with Crippen molar-refractivity contribution in [1.29, 1.82) is 0 Å². The summed E-state index contributed by atoms with van der Waals surface area (Å²) < 4.78 is 43.6. The second-order valence-electron chi connectivity index (χ2n) is 17.1. The highest BCUT2D eigenvalue weighted by atomic mass is 32.2. The van der Waals surface area contributed by atoms with Crippen molar-refractivity contribution in [2.45, 2.75) is 96.2 Å². The molecule has 312 valence electrons. The number of ether oxygens (including phenoxy) is 2. The van der Waals surface area contributed by atoms with Crippen molar-refractivity contribution in [1.82, 2.24) is 34.6 Å². The smallest absolute Gasteiger partial charge is 0.324 e. The summed E-state index contributed by atoms with van der Waals surface area (Å²) in [7, 11) is 0.153. The molecule has 0 unspecified atom stereocenters. The highest BCUT2D eigenvalue weighted by molar-refractivity contribution is 7.90. The molecule has 58 heavy (non-hydrogen) atoms. The number of fused-ring (bicyclic) bond motifs is 6. The predicted molar refractivity (Wildman–Crippen MR) is 226 cm³/mol. The van der Waals surface area contributed by atoms with E-state index in [-0.39, 0.29) is 19.1 Å². The lowest BCUT2D eigenvalue weighted by molar-refractivity contribution is -0.155. The van der Waals surface area contributed by atoms with Crippen LogP contribution in [0.3, 0.4) is 0 Å². The number of benzene rings is 1. The Morgan fingerprint density at radius 1 is 1.10 bits per heavy atom. The normalized spacial score (nSPS) is 22.9. The molecule has 8 rings (SSSR count). The number of pyridine rings is 1. The van der Waals surface area contributed by atoms with Crippen LogP contribution >= 0.6 is 11.3 Å². The molecule has 6 bridgehead atoms. The number of aryl methyl sites for hydroxylation is 1. The molecule has 1 amide bonds. The van der Waals surface area contributed by atoms with Gasteiger partial charge >= 0.3 is 5.97 Å². The first-order valence-corrected chi connectivity index (χ1v) is 23.0. The Balaban J connectivity index is 1.27. The van der Waals surface area contributed by atoms with Crippen molar-refractivity contribution in [3.8, 4) is 22.5 Å². The fraction of sp³-hybridized carbons (Fsp3) is 0.571. The van der Waals surface area contributed by atoms with Crippen LogP contribution in [0.1, 0.15) is 75.7 Å². The zero-order chi connectivity index (χ0) is 40.9. The summed E-state index contributed by atoms with van der Waals surface area (Å²) >= 11 is 1.41. The number of cyclic esters (lactones) is 1. The first-order valence-electron chi connectivity index (χ1n) is 20.6. The summed E-state index contributed by atoms with van der Waals surface area (Å²) in [5.74, 6) is -0.877. The predicted octanol–water partition coefficient (Wildman–Crippen LogP) is 4.92. The number of aromatic nitrogens is 3. The zero-order valence-corrected chi connectivity index (χ0v) is 36.0. The molecule has 1 aromatic carbocycles. The number of methoxy groups -OCH3 is 1. The van der Waals surface area contributed by atoms with Gasteiger partial charge in [0.2, 0.25) is 10.0 Å². The molecule has 0 spiro atoms. The fourth-order valence-corrected chi connectivity index (χ4v) is 10.9. The lowest BCUT2D eigenvalue weighted by Gasteiger charge is -2.35. The van der Waals surface area contributed by atoms with Crippen molar-refractivity contribution in [2.24, 2.45) is 5.41 Å². The highest BCUT2D eigenvalue weighted by Gasteiger charge is 2.41. The topological polar surface area (TPSA) is 151 Å². The second-order valence-corrected chi connectivity index (χ2v) is 20.0. The van der Waals surface area contributed by atoms with Gasteiger partial charge in [0.1, 0.15) is 12.1 Å². The highest BCUT2D eigenvalue weighted by Crippen LogP contribution is 2.43. The molecule has 2 saturated heterocycles. The molecule has 14 nitrogen and oxygen atoms in total. The van der Waals surface area contributed by atoms with Crippen LogP contribution in [0.25, 0.3) is 33.4 Å². The summed E-state index contributed by atoms with van der Waals surface area (Å²) in [4.78, 5) is 42.7. The van der Waals surface area contributed by atoms with Gasteiger partial charge < -0.3 is 23.8 Å². The SMILES string of the molecule is CCn1c(-c2cc(N3CCN(C)CC3)cnc2[C@H](C)OC)c2c3cc(ccc31)-c1csc(n1)C[C@H](NS(=O)(=O)C1CC1)C(=O)N1CCC[C@H](N1)C(=O)OCC(C)(C)C2. The molecular formula is C42H56N8O6S2. The summed E-state index contributed by atoms with van der Waals surface area (Å²) in [6, 6.07) is 6.88. The zero-order valence-electron chi connectivity index (χ0n) is 34.4. The Kier molecular flexibility index (Phi) is 11.4. The number of nitrogens with one attached hydrogen (secondary N) is 2. The molecule has 3 aliphatic heterocycles. The van der Waals surface area contributed by atoms with E-state index in [0.29, 0.717) is 50.2 Å². The van der Waals surface area contributed by atoms with E-state index in [1.165, 1.54) is 16.3 Å². The Hall–Kier alpha value is -3.93. The van der Waals surface area contributed by atoms with E-state index in [1.54, 1.807) is 7.11 Å². The van der Waals surface area contributed by atoms with Gasteiger partial charge in [-0.3, -0.25) is 19.6 Å². The van der Waals surface area contributed by atoms with Crippen LogP contribution < -0.4 is 15.0 Å². The third-order valence-electron chi connectivity index (χ3n) is 12.0. The number of anilines is 1. The van der Waals surface area contributed by atoms with Gasteiger partial charge in [0.05, 0.1) is 51.9 Å². The second kappa shape index (κ2) is 16.3. The van der Waals surface area contributed by atoms with E-state index in [4.69, 9.17) is 19.4 Å². The van der Waals surface area contributed by atoms with E-state index in [0.717, 1.165) is 76.5 Å². The van der Waals surface area contributed by atoms with Crippen LogP contribution in [0.4, 0.5) is 5.69 Å². The largest absolute Gasteiger partial charge is 0.464 e. The van der Waals surface area contributed by atoms with Crippen molar-refractivity contribution in [3.05, 3.63) is 52.1 Å². The van der Waals surface area contributed by atoms with Crippen LogP contribution in [0.2, 0.25) is 0 Å². The van der Waals surface area contributed by atoms with E-state index in [2.05, 4.69) is 76.6 Å². The van der Waals surface area contributed by atoms with Crippen LogP contribution in [0, 0.1) is 5.41 Å². The van der Waals surface area contributed by atoms with E-state index < -0.39 is 44.6 Å². The Labute approximate surface area is 345 Å². The minimum atomic E-state index is -3.72. The number of hydrogen-bond donors (Lipinski definition) is 2. The quantitative estimate of drug-likeness (QED) is 0.233. The molecule has 1 saturated carbocycles. The summed E-state index contributed by atoms with van der Waals surface area (Å²) in [6.45, 7) is 13.4. The standard InChI is InChI=1S/C42H56N8O6S2/c1-7-49-36-13-10-27-19-30(36)32(39(49)31-20-28(23-43-38(31)26(2)55-6)48-17-15-47(5)16-18-48)22-42(3,4)25-56-41(52)33-9-8-14-50(45-33)40(51)34(21-37-44-35(27)24-57-37)46-58(53,54)29-11-12-29/h10,13,19-20,23-24,26,29,33-34,45-46H,7-9,11-12,14-18,21-22,25H2,1-6H3/t26-,33-,34-/m0/s1. The number of amides is 1. The summed E-state index contributed by atoms with van der Waals surface area (Å²) in [5, 5.41) is 4.58. The number of rotatable bonds is 8. The maximum atomic E-state index is 14.1. The van der Waals surface area contributed by atoms with Crippen molar-refractivity contribution >= 4 is 49.8 Å². The van der Waals surface area contributed by atoms with Crippen molar-refractivity contribution < 1.29 is 27.5 Å². The van der Waals surface area contributed by atoms with E-state index in [9.17, 15) is 18.0 Å². The van der Waals surface area contributed by atoms with Crippen molar-refractivity contribution in [3.63, 3.8) is 0 Å². The first-order chi connectivity index (χ1) is 27.7. The lowest BCUT2D eigenvalue weighted by Crippen LogP contribution is -2.60. The molecule has 6 heterocycles. The van der Waals surface area contributed by atoms with Gasteiger partial charge in [0.15, 0.2) is 0 Å². The Morgan fingerprint density at radius 2 is 1.88 bits per heavy atom. The van der Waals surface area contributed by atoms with Gasteiger partial charge in [-0.05, 0) is 76.8 Å². The molecule has 3 fully saturated rings. The van der Waals surface area contributed by atoms with Crippen LogP contribution in [0.5, 0.6) is 0 Å². The number of nitrogens with zero attached hydrogens (tertiary/aromatic N) is 6. The number of likely N-dealkylation sites (N-methyl/N-ethyl adjacent to an activating group) is 1. The average Bonchev–Trinajstić information content (AvgIpc) is 3.93. The Bertz CT molecular complexity index is 2290. The molecule has 3 aromatic heterocycles. The number of piperazine rings is 1. The third-order valence-corrected chi connectivity index (χ3v) is 14.9. The van der Waals surface area contributed by atoms with Gasteiger partial charge in [-0.1, -0.05) is 19.9 Å². The third kappa shape index (κ3) is 8.28.